The Labute approximate surface area is 395 Å². The maximum atomic E-state index is 6.22. The molecule has 11 aromatic carbocycles. The van der Waals surface area contributed by atoms with E-state index in [1.54, 1.807) is 0 Å². The Bertz CT molecular complexity index is 3010. The minimum atomic E-state index is 0.754. The van der Waals surface area contributed by atoms with Gasteiger partial charge in [-0.05, 0) is 168 Å². The zero-order valence-corrected chi connectivity index (χ0v) is 36.9. The van der Waals surface area contributed by atoms with Crippen LogP contribution < -0.4 is 28.7 Å². The molecule has 0 N–H and O–H groups in total. The molecule has 11 rings (SSSR count). The van der Waals surface area contributed by atoms with Gasteiger partial charge in [-0.15, -0.1) is 0 Å². The van der Waals surface area contributed by atoms with Crippen LogP contribution in [-0.4, -0.2) is 0 Å². The molecular formula is C62H44N2O4. The van der Waals surface area contributed by atoms with Gasteiger partial charge in [-0.3, -0.25) is 0 Å². The molecule has 6 nitrogen and oxygen atoms in total. The van der Waals surface area contributed by atoms with Crippen LogP contribution in [0.3, 0.4) is 0 Å². The van der Waals surface area contributed by atoms with E-state index in [0.717, 1.165) is 102 Å². The average Bonchev–Trinajstić information content (AvgIpc) is 3.40. The number of benzene rings is 11. The largest absolute Gasteiger partial charge is 0.457 e. The molecule has 68 heavy (non-hydrogen) atoms. The molecule has 0 saturated carbocycles. The minimum Gasteiger partial charge on any atom is -0.457 e. The predicted octanol–water partition coefficient (Wildman–Crippen LogP) is 18.1. The van der Waals surface area contributed by atoms with Gasteiger partial charge in [-0.2, -0.15) is 0 Å². The van der Waals surface area contributed by atoms with Crippen molar-refractivity contribution in [3.05, 3.63) is 267 Å². The van der Waals surface area contributed by atoms with Crippen molar-refractivity contribution >= 4 is 55.7 Å². The maximum absolute atomic E-state index is 6.22. The summed E-state index contributed by atoms with van der Waals surface area (Å²) in [6.07, 6.45) is 0. The number of nitrogens with zero attached hydrogens (tertiary/aromatic N) is 2. The lowest BCUT2D eigenvalue weighted by atomic mass is 9.98. The third-order valence-corrected chi connectivity index (χ3v) is 11.7. The second kappa shape index (κ2) is 19.1. The summed E-state index contributed by atoms with van der Waals surface area (Å²) in [6, 6.07) is 90.0. The van der Waals surface area contributed by atoms with E-state index in [4.69, 9.17) is 18.9 Å². The summed E-state index contributed by atoms with van der Waals surface area (Å²) in [5, 5.41) is 4.45. The molecule has 0 spiro atoms. The average molecular weight is 881 g/mol. The van der Waals surface area contributed by atoms with Crippen molar-refractivity contribution in [1.82, 2.24) is 0 Å². The molecule has 0 aliphatic carbocycles. The summed E-state index contributed by atoms with van der Waals surface area (Å²) in [5.74, 6) is 6.16. The van der Waals surface area contributed by atoms with E-state index in [9.17, 15) is 0 Å². The van der Waals surface area contributed by atoms with Gasteiger partial charge >= 0.3 is 0 Å². The first kappa shape index (κ1) is 41.4. The third-order valence-electron chi connectivity index (χ3n) is 11.7. The number of anilines is 6. The monoisotopic (exact) mass is 880 g/mol. The van der Waals surface area contributed by atoms with E-state index in [-0.39, 0.29) is 0 Å². The number of fused-ring (bicyclic) bond motifs is 3. The Morgan fingerprint density at radius 2 is 0.412 bits per heavy atom. The van der Waals surface area contributed by atoms with E-state index >= 15 is 0 Å². The van der Waals surface area contributed by atoms with E-state index in [1.165, 1.54) is 0 Å². The summed E-state index contributed by atoms with van der Waals surface area (Å²) >= 11 is 0. The molecule has 0 fully saturated rings. The van der Waals surface area contributed by atoms with Crippen molar-refractivity contribution in [2.24, 2.45) is 0 Å². The molecule has 0 aliphatic rings. The van der Waals surface area contributed by atoms with E-state index < -0.39 is 0 Å². The van der Waals surface area contributed by atoms with Crippen molar-refractivity contribution in [1.29, 1.82) is 0 Å². The lowest BCUT2D eigenvalue weighted by molar-refractivity contribution is 0.482. The lowest BCUT2D eigenvalue weighted by Crippen LogP contribution is -2.11. The molecule has 0 amide bonds. The number of ether oxygens (including phenoxy) is 4. The second-order valence-electron chi connectivity index (χ2n) is 16.1. The Balaban J connectivity index is 0.999. The smallest absolute Gasteiger partial charge is 0.127 e. The zero-order valence-electron chi connectivity index (χ0n) is 36.9. The van der Waals surface area contributed by atoms with Crippen LogP contribution in [0.5, 0.6) is 46.0 Å². The van der Waals surface area contributed by atoms with Crippen molar-refractivity contribution in [2.45, 2.75) is 0 Å². The molecule has 6 heteroatoms. The van der Waals surface area contributed by atoms with Gasteiger partial charge in [0.2, 0.25) is 0 Å². The van der Waals surface area contributed by atoms with Crippen LogP contribution in [0.25, 0.3) is 21.5 Å². The highest BCUT2D eigenvalue weighted by Crippen LogP contribution is 2.45. The Morgan fingerprint density at radius 3 is 0.662 bits per heavy atom. The van der Waals surface area contributed by atoms with E-state index in [0.29, 0.717) is 0 Å². The molecule has 0 heterocycles. The first-order valence-electron chi connectivity index (χ1n) is 22.6. The lowest BCUT2D eigenvalue weighted by Gasteiger charge is -2.29. The van der Waals surface area contributed by atoms with Crippen LogP contribution in [0.2, 0.25) is 0 Å². The first-order chi connectivity index (χ1) is 33.7. The number of hydrogen-bond acceptors (Lipinski definition) is 6. The van der Waals surface area contributed by atoms with Gasteiger partial charge in [0.1, 0.15) is 46.0 Å². The Hall–Kier alpha value is -9.26. The number of rotatable bonds is 14. The van der Waals surface area contributed by atoms with Gasteiger partial charge in [0.05, 0.1) is 11.4 Å². The van der Waals surface area contributed by atoms with E-state index in [2.05, 4.69) is 107 Å². The fourth-order valence-corrected chi connectivity index (χ4v) is 8.49. The van der Waals surface area contributed by atoms with Gasteiger partial charge < -0.3 is 28.7 Å². The van der Waals surface area contributed by atoms with Crippen LogP contribution >= 0.6 is 0 Å². The van der Waals surface area contributed by atoms with Crippen molar-refractivity contribution < 1.29 is 18.9 Å². The highest BCUT2D eigenvalue weighted by Gasteiger charge is 2.20. The second-order valence-corrected chi connectivity index (χ2v) is 16.1. The molecule has 0 unspecified atom stereocenters. The highest BCUT2D eigenvalue weighted by atomic mass is 16.5. The number of para-hydroxylation sites is 4. The molecule has 326 valence electrons. The molecule has 0 saturated heterocycles. The van der Waals surface area contributed by atoms with Crippen molar-refractivity contribution in [3.63, 3.8) is 0 Å². The summed E-state index contributed by atoms with van der Waals surface area (Å²) in [6.45, 7) is 0. The third kappa shape index (κ3) is 9.03. The quantitative estimate of drug-likeness (QED) is 0.101. The standard InChI is InChI=1S/C62H44N2O4/c1-5-15-49(16-6-1)65-53-35-27-45(28-36-53)63(46-29-37-54(38-30-46)66-50-17-7-2-8-18-50)61-25-13-23-57-58-24-14-26-62(60(58)44-43-59(57)61)64(47-31-39-55(40-32-47)67-51-19-9-3-10-20-51)48-33-41-56(42-34-48)68-52-21-11-4-12-22-52/h1-44H. The summed E-state index contributed by atoms with van der Waals surface area (Å²) in [4.78, 5) is 4.59. The summed E-state index contributed by atoms with van der Waals surface area (Å²) < 4.78 is 24.9. The van der Waals surface area contributed by atoms with Crippen molar-refractivity contribution in [3.8, 4) is 46.0 Å². The van der Waals surface area contributed by atoms with Crippen molar-refractivity contribution in [2.75, 3.05) is 9.80 Å². The maximum Gasteiger partial charge on any atom is 0.127 e. The van der Waals surface area contributed by atoms with E-state index in [1.807, 2.05) is 170 Å². The molecule has 0 radical (unpaired) electrons. The zero-order chi connectivity index (χ0) is 45.5. The molecule has 11 aromatic rings. The van der Waals surface area contributed by atoms with Gasteiger partial charge in [0, 0.05) is 33.5 Å². The molecule has 0 bridgehead atoms. The molecule has 0 aromatic heterocycles. The molecule has 0 atom stereocenters. The predicted molar refractivity (Wildman–Crippen MR) is 277 cm³/mol. The summed E-state index contributed by atoms with van der Waals surface area (Å²) in [5.41, 5.74) is 5.98. The normalized spacial score (nSPS) is 10.9. The summed E-state index contributed by atoms with van der Waals surface area (Å²) in [7, 11) is 0. The van der Waals surface area contributed by atoms with Gasteiger partial charge in [-0.1, -0.05) is 109 Å². The molecular weight excluding hydrogens is 837 g/mol. The Morgan fingerprint density at radius 1 is 0.176 bits per heavy atom. The topological polar surface area (TPSA) is 43.4 Å². The van der Waals surface area contributed by atoms with Gasteiger partial charge in [-0.25, -0.2) is 0 Å². The van der Waals surface area contributed by atoms with Crippen LogP contribution in [0.1, 0.15) is 0 Å². The van der Waals surface area contributed by atoms with Crippen LogP contribution in [0.15, 0.2) is 267 Å². The SMILES string of the molecule is c1ccc(Oc2ccc(N(c3ccc(Oc4ccccc4)cc3)c3cccc4c3ccc3c(N(c5ccc(Oc6ccccc6)cc5)c5ccc(Oc6ccccc6)cc5)cccc34)cc2)cc1. The van der Waals surface area contributed by atoms with Crippen LogP contribution in [0.4, 0.5) is 34.1 Å². The highest BCUT2D eigenvalue weighted by molar-refractivity contribution is 6.16. The fraction of sp³-hybridized carbons (Fsp3) is 0. The van der Waals surface area contributed by atoms with Crippen LogP contribution in [0, 0.1) is 0 Å². The number of hydrogen-bond donors (Lipinski definition) is 0. The first-order valence-corrected chi connectivity index (χ1v) is 22.6. The minimum absolute atomic E-state index is 0.754. The van der Waals surface area contributed by atoms with Gasteiger partial charge in [0.25, 0.3) is 0 Å². The Kier molecular flexibility index (Phi) is 11.6. The van der Waals surface area contributed by atoms with Gasteiger partial charge in [0.15, 0.2) is 0 Å². The van der Waals surface area contributed by atoms with Crippen LogP contribution in [-0.2, 0) is 0 Å². The fourth-order valence-electron chi connectivity index (χ4n) is 8.49. The molecule has 0 aliphatic heterocycles.